The second-order valence-corrected chi connectivity index (χ2v) is 5.89. The number of nitro groups is 1. The van der Waals surface area contributed by atoms with Crippen LogP contribution in [0.2, 0.25) is 0 Å². The normalized spacial score (nSPS) is 10.5. The van der Waals surface area contributed by atoms with E-state index in [1.807, 2.05) is 13.8 Å². The molecule has 0 unspecified atom stereocenters. The highest BCUT2D eigenvalue weighted by Gasteiger charge is 2.15. The highest BCUT2D eigenvalue weighted by molar-refractivity contribution is 6.05. The first-order valence-electron chi connectivity index (χ1n) is 7.66. The monoisotopic (exact) mass is 328 g/mol. The average Bonchev–Trinajstić information content (AvgIpc) is 2.54. The molecule has 0 saturated carbocycles. The van der Waals surface area contributed by atoms with Crippen LogP contribution in [0.15, 0.2) is 42.5 Å². The molecule has 1 amide bonds. The van der Waals surface area contributed by atoms with Crippen LogP contribution in [-0.2, 0) is 0 Å². The fourth-order valence-electron chi connectivity index (χ4n) is 2.14. The molecule has 0 aromatic heterocycles. The zero-order valence-corrected chi connectivity index (χ0v) is 13.9. The van der Waals surface area contributed by atoms with E-state index in [1.54, 1.807) is 43.3 Å². The minimum Gasteiger partial charge on any atom is -0.493 e. The summed E-state index contributed by atoms with van der Waals surface area (Å²) in [6.45, 7) is 6.26. The van der Waals surface area contributed by atoms with E-state index in [0.29, 0.717) is 35.1 Å². The predicted molar refractivity (Wildman–Crippen MR) is 92.6 cm³/mol. The van der Waals surface area contributed by atoms with E-state index in [0.717, 1.165) is 0 Å². The van der Waals surface area contributed by atoms with Crippen LogP contribution in [0.4, 0.5) is 11.4 Å². The van der Waals surface area contributed by atoms with Gasteiger partial charge in [0.05, 0.1) is 22.8 Å². The van der Waals surface area contributed by atoms with Gasteiger partial charge in [-0.25, -0.2) is 0 Å². The molecule has 0 aliphatic heterocycles. The molecule has 0 heterocycles. The first kappa shape index (κ1) is 17.5. The first-order valence-corrected chi connectivity index (χ1v) is 7.66. The number of carbonyl (C=O) groups excluding carboxylic acids is 1. The lowest BCUT2D eigenvalue weighted by atomic mass is 10.1. The number of rotatable bonds is 6. The molecule has 6 nitrogen and oxygen atoms in total. The molecule has 6 heteroatoms. The second-order valence-electron chi connectivity index (χ2n) is 5.89. The summed E-state index contributed by atoms with van der Waals surface area (Å²) in [6, 6.07) is 11.4. The van der Waals surface area contributed by atoms with Gasteiger partial charge in [-0.05, 0) is 37.1 Å². The smallest absolute Gasteiger partial charge is 0.274 e. The minimum atomic E-state index is -0.467. The molecule has 24 heavy (non-hydrogen) atoms. The number of nitro benzene ring substituents is 1. The lowest BCUT2D eigenvalue weighted by Crippen LogP contribution is -2.13. The predicted octanol–water partition coefficient (Wildman–Crippen LogP) is 4.19. The number of ether oxygens (including phenoxy) is 1. The fraction of sp³-hybridized carbons (Fsp3) is 0.278. The quantitative estimate of drug-likeness (QED) is 0.637. The number of nitrogens with zero attached hydrogens (tertiary/aromatic N) is 1. The van der Waals surface area contributed by atoms with Gasteiger partial charge in [-0.3, -0.25) is 14.9 Å². The van der Waals surface area contributed by atoms with Crippen molar-refractivity contribution in [2.75, 3.05) is 11.9 Å². The number of carbonyl (C=O) groups is 1. The van der Waals surface area contributed by atoms with Gasteiger partial charge in [0.2, 0.25) is 0 Å². The topological polar surface area (TPSA) is 81.5 Å². The summed E-state index contributed by atoms with van der Waals surface area (Å²) >= 11 is 0. The van der Waals surface area contributed by atoms with Gasteiger partial charge < -0.3 is 10.1 Å². The van der Waals surface area contributed by atoms with Crippen molar-refractivity contribution in [3.8, 4) is 5.75 Å². The van der Waals surface area contributed by atoms with Crippen molar-refractivity contribution in [3.05, 3.63) is 63.7 Å². The Labute approximate surface area is 140 Å². The van der Waals surface area contributed by atoms with Gasteiger partial charge in [-0.1, -0.05) is 26.0 Å². The summed E-state index contributed by atoms with van der Waals surface area (Å²) in [5.74, 6) is 0.663. The molecule has 1 N–H and O–H groups in total. The third-order valence-electron chi connectivity index (χ3n) is 3.43. The Bertz CT molecular complexity index is 756. The molecule has 126 valence electrons. The standard InChI is InChI=1S/C18H20N2O4/c1-12(2)11-24-15-7-4-6-14(10-15)18(21)19-16-8-5-9-17(13(16)3)20(22)23/h4-10,12H,11H2,1-3H3,(H,19,21). The van der Waals surface area contributed by atoms with Crippen molar-refractivity contribution in [3.63, 3.8) is 0 Å². The summed E-state index contributed by atoms with van der Waals surface area (Å²) in [6.07, 6.45) is 0. The van der Waals surface area contributed by atoms with E-state index in [-0.39, 0.29) is 11.6 Å². The number of hydrogen-bond acceptors (Lipinski definition) is 4. The number of amides is 1. The highest BCUT2D eigenvalue weighted by atomic mass is 16.6. The summed E-state index contributed by atoms with van der Waals surface area (Å²) < 4.78 is 5.61. The van der Waals surface area contributed by atoms with Gasteiger partial charge in [-0.15, -0.1) is 0 Å². The van der Waals surface area contributed by atoms with Crippen LogP contribution >= 0.6 is 0 Å². The molecule has 2 aromatic carbocycles. The van der Waals surface area contributed by atoms with Crippen molar-refractivity contribution < 1.29 is 14.5 Å². The maximum Gasteiger partial charge on any atom is 0.274 e. The van der Waals surface area contributed by atoms with Crippen molar-refractivity contribution >= 4 is 17.3 Å². The molecule has 0 aliphatic rings. The van der Waals surface area contributed by atoms with Crippen LogP contribution < -0.4 is 10.1 Å². The van der Waals surface area contributed by atoms with Gasteiger partial charge in [-0.2, -0.15) is 0 Å². The van der Waals surface area contributed by atoms with E-state index in [1.165, 1.54) is 6.07 Å². The molecule has 2 aromatic rings. The zero-order valence-electron chi connectivity index (χ0n) is 13.9. The molecule has 0 fully saturated rings. The van der Waals surface area contributed by atoms with Gasteiger partial charge in [0, 0.05) is 11.6 Å². The minimum absolute atomic E-state index is 0.0261. The fourth-order valence-corrected chi connectivity index (χ4v) is 2.14. The molecule has 0 atom stereocenters. The van der Waals surface area contributed by atoms with Crippen LogP contribution in [0.1, 0.15) is 29.8 Å². The van der Waals surface area contributed by atoms with Crippen LogP contribution in [0.5, 0.6) is 5.75 Å². The third kappa shape index (κ3) is 4.32. The molecule has 0 aliphatic carbocycles. The van der Waals surface area contributed by atoms with Gasteiger partial charge >= 0.3 is 0 Å². The maximum absolute atomic E-state index is 12.4. The van der Waals surface area contributed by atoms with Crippen molar-refractivity contribution in [2.45, 2.75) is 20.8 Å². The number of nitrogens with one attached hydrogen (secondary N) is 1. The van der Waals surface area contributed by atoms with E-state index in [4.69, 9.17) is 4.74 Å². The van der Waals surface area contributed by atoms with E-state index >= 15 is 0 Å². The largest absolute Gasteiger partial charge is 0.493 e. The molecule has 0 saturated heterocycles. The molecule has 0 radical (unpaired) electrons. The Balaban J connectivity index is 2.17. The summed E-state index contributed by atoms with van der Waals surface area (Å²) in [5.41, 5.74) is 1.25. The molecule has 0 bridgehead atoms. The Morgan fingerprint density at radius 3 is 2.62 bits per heavy atom. The van der Waals surface area contributed by atoms with Crippen molar-refractivity contribution in [1.82, 2.24) is 0 Å². The van der Waals surface area contributed by atoms with Gasteiger partial charge in [0.1, 0.15) is 5.75 Å². The zero-order chi connectivity index (χ0) is 17.7. The van der Waals surface area contributed by atoms with Gasteiger partial charge in [0.15, 0.2) is 0 Å². The van der Waals surface area contributed by atoms with Crippen LogP contribution in [0, 0.1) is 23.0 Å². The third-order valence-corrected chi connectivity index (χ3v) is 3.43. The van der Waals surface area contributed by atoms with Crippen molar-refractivity contribution in [2.24, 2.45) is 5.92 Å². The summed E-state index contributed by atoms with van der Waals surface area (Å²) in [5, 5.41) is 13.7. The highest BCUT2D eigenvalue weighted by Crippen LogP contribution is 2.25. The molecule has 0 spiro atoms. The Morgan fingerprint density at radius 2 is 1.96 bits per heavy atom. The van der Waals surface area contributed by atoms with Crippen LogP contribution in [0.25, 0.3) is 0 Å². The van der Waals surface area contributed by atoms with E-state index in [2.05, 4.69) is 5.32 Å². The van der Waals surface area contributed by atoms with Crippen LogP contribution in [-0.4, -0.2) is 17.4 Å². The molecule has 2 rings (SSSR count). The van der Waals surface area contributed by atoms with E-state index < -0.39 is 4.92 Å². The van der Waals surface area contributed by atoms with Crippen molar-refractivity contribution in [1.29, 1.82) is 0 Å². The lowest BCUT2D eigenvalue weighted by Gasteiger charge is -2.11. The second kappa shape index (κ2) is 7.59. The number of anilines is 1. The van der Waals surface area contributed by atoms with Gasteiger partial charge in [0.25, 0.3) is 11.6 Å². The van der Waals surface area contributed by atoms with Crippen LogP contribution in [0.3, 0.4) is 0 Å². The molecular formula is C18H20N2O4. The number of benzene rings is 2. The Hall–Kier alpha value is -2.89. The Morgan fingerprint density at radius 1 is 1.25 bits per heavy atom. The summed E-state index contributed by atoms with van der Waals surface area (Å²) in [4.78, 5) is 22.9. The summed E-state index contributed by atoms with van der Waals surface area (Å²) in [7, 11) is 0. The molecular weight excluding hydrogens is 308 g/mol. The Kier molecular flexibility index (Phi) is 5.52. The SMILES string of the molecule is Cc1c(NC(=O)c2cccc(OCC(C)C)c2)cccc1[N+](=O)[O-]. The number of hydrogen-bond donors (Lipinski definition) is 1. The van der Waals surface area contributed by atoms with E-state index in [9.17, 15) is 14.9 Å². The first-order chi connectivity index (χ1) is 11.4. The lowest BCUT2D eigenvalue weighted by molar-refractivity contribution is -0.385. The average molecular weight is 328 g/mol. The maximum atomic E-state index is 12.4.